The molecule has 5 N–H and O–H groups in total. The molecule has 4 rings (SSSR count). The first-order valence-corrected chi connectivity index (χ1v) is 26.8. The monoisotopic (exact) mass is 1030 g/mol. The molecule has 0 unspecified atom stereocenters. The second-order valence-corrected chi connectivity index (χ2v) is 21.1. The predicted octanol–water partition coefficient (Wildman–Crippen LogP) is 3.58. The van der Waals surface area contributed by atoms with Crippen molar-refractivity contribution in [2.45, 2.75) is 94.6 Å². The maximum absolute atomic E-state index is 12.9. The Hall–Kier alpha value is -2.82. The molecular weight excluding hydrogens is 958 g/mol. The van der Waals surface area contributed by atoms with Crippen LogP contribution in [0.5, 0.6) is 0 Å². The van der Waals surface area contributed by atoms with Gasteiger partial charge in [0.05, 0.1) is 75.0 Å². The summed E-state index contributed by atoms with van der Waals surface area (Å²) in [6, 6.07) is 20.6. The lowest BCUT2D eigenvalue weighted by Gasteiger charge is -2.39. The van der Waals surface area contributed by atoms with Crippen molar-refractivity contribution in [3.63, 3.8) is 0 Å². The van der Waals surface area contributed by atoms with E-state index in [2.05, 4.69) is 73.4 Å². The highest BCUT2D eigenvalue weighted by molar-refractivity contribution is 14.1. The fraction of sp³-hybridized carbons (Fsp3) is 0.644. The van der Waals surface area contributed by atoms with E-state index in [-0.39, 0.29) is 48.9 Å². The van der Waals surface area contributed by atoms with Crippen LogP contribution >= 0.6 is 34.4 Å². The topological polar surface area (TPSA) is 184 Å². The van der Waals surface area contributed by atoms with Crippen LogP contribution in [-0.2, 0) is 42.2 Å². The van der Waals surface area contributed by atoms with Crippen LogP contribution in [-0.4, -0.2) is 145 Å². The summed E-state index contributed by atoms with van der Waals surface area (Å²) in [5.41, 5.74) is -0.749. The van der Waals surface area contributed by atoms with Gasteiger partial charge in [0.2, 0.25) is 17.7 Å². The molecule has 2 heterocycles. The number of hydrogen-bond donors (Lipinski definition) is 5. The number of carbonyl (C=O) groups is 4. The molecule has 3 atom stereocenters. The number of halogens is 1. The number of rotatable bonds is 35. The van der Waals surface area contributed by atoms with E-state index in [9.17, 15) is 19.2 Å². The fourth-order valence-electron chi connectivity index (χ4n) is 7.24. The van der Waals surface area contributed by atoms with Crippen LogP contribution in [0.15, 0.2) is 60.7 Å². The summed E-state index contributed by atoms with van der Waals surface area (Å²) < 4.78 is 36.7. The molecule has 0 radical (unpaired) electrons. The van der Waals surface area contributed by atoms with Crippen molar-refractivity contribution in [1.82, 2.24) is 26.6 Å². The molecule has 63 heavy (non-hydrogen) atoms. The van der Waals surface area contributed by atoms with Gasteiger partial charge in [0.1, 0.15) is 0 Å². The molecule has 2 fully saturated rings. The van der Waals surface area contributed by atoms with Crippen LogP contribution in [0.2, 0.25) is 0 Å². The number of fused-ring (bicyclic) bond motifs is 1. The van der Waals surface area contributed by atoms with Crippen LogP contribution in [0.25, 0.3) is 0 Å². The summed E-state index contributed by atoms with van der Waals surface area (Å²) in [7, 11) is -3.21. The molecule has 2 saturated heterocycles. The maximum atomic E-state index is 12.9. The largest absolute Gasteiger partial charge is 0.407 e. The van der Waals surface area contributed by atoms with Gasteiger partial charge in [0.15, 0.2) is 0 Å². The molecule has 2 aliphatic heterocycles. The zero-order valence-corrected chi connectivity index (χ0v) is 41.1. The lowest BCUT2D eigenvalue weighted by Crippen LogP contribution is -2.67. The summed E-state index contributed by atoms with van der Waals surface area (Å²) in [6.45, 7) is 9.07. The van der Waals surface area contributed by atoms with Crippen molar-refractivity contribution in [2.75, 3.05) is 89.3 Å². The van der Waals surface area contributed by atoms with Gasteiger partial charge in [-0.1, -0.05) is 103 Å². The van der Waals surface area contributed by atoms with Crippen LogP contribution in [0.4, 0.5) is 4.79 Å². The van der Waals surface area contributed by atoms with E-state index in [0.717, 1.165) is 61.1 Å². The Labute approximate surface area is 393 Å². The average Bonchev–Trinajstić information content (AvgIpc) is 3.85. The predicted molar refractivity (Wildman–Crippen MR) is 257 cm³/mol. The highest BCUT2D eigenvalue weighted by Crippen LogP contribution is 2.33. The molecule has 2 aliphatic rings. The summed E-state index contributed by atoms with van der Waals surface area (Å²) in [5, 5.41) is 17.2. The highest BCUT2D eigenvalue weighted by Gasteiger charge is 2.47. The van der Waals surface area contributed by atoms with Gasteiger partial charge < -0.3 is 54.4 Å². The molecule has 18 heteroatoms. The van der Waals surface area contributed by atoms with Crippen LogP contribution in [0.3, 0.4) is 0 Å². The van der Waals surface area contributed by atoms with Crippen LogP contribution in [0.1, 0.15) is 71.6 Å². The smallest absolute Gasteiger partial charge is 0.388 e. The minimum atomic E-state index is -3.21. The van der Waals surface area contributed by atoms with Crippen molar-refractivity contribution in [2.24, 2.45) is 0 Å². The average molecular weight is 1030 g/mol. The van der Waals surface area contributed by atoms with E-state index in [0.29, 0.717) is 88.6 Å². The summed E-state index contributed by atoms with van der Waals surface area (Å²) >= 11 is 3.96. The highest BCUT2D eigenvalue weighted by atomic mass is 127. The number of nitrogens with one attached hydrogen (secondary N) is 5. The van der Waals surface area contributed by atoms with Crippen LogP contribution < -0.4 is 37.0 Å². The van der Waals surface area contributed by atoms with E-state index in [1.165, 1.54) is 0 Å². The van der Waals surface area contributed by atoms with E-state index in [1.54, 1.807) is 0 Å². The number of unbranched alkanes of at least 4 members (excludes halogenated alkanes) is 4. The maximum Gasteiger partial charge on any atom is 0.407 e. The SMILES string of the molecule is CC(C)(CNC(=O)CCOCCOCCOCCOCCNC(=O)CCCC[C@@H]1SC[C@@H]2NC(=O)N[C@@H]21)O[Si](OCCCCCCNC(=O)CI)(c1ccccc1)c1ccccc1. The molecule has 0 aliphatic carbocycles. The Bertz CT molecular complexity index is 1580. The van der Waals surface area contributed by atoms with E-state index in [1.807, 2.05) is 62.0 Å². The third kappa shape index (κ3) is 20.5. The zero-order valence-electron chi connectivity index (χ0n) is 37.1. The minimum Gasteiger partial charge on any atom is -0.388 e. The minimum absolute atomic E-state index is 0.0288. The summed E-state index contributed by atoms with van der Waals surface area (Å²) in [5.74, 6) is 0.917. The Kier molecular flexibility index (Phi) is 25.5. The van der Waals surface area contributed by atoms with E-state index >= 15 is 0 Å². The van der Waals surface area contributed by atoms with Gasteiger partial charge >= 0.3 is 14.6 Å². The summed E-state index contributed by atoms with van der Waals surface area (Å²) in [6.07, 6.45) is 7.25. The number of amides is 5. The molecule has 2 aromatic rings. The molecule has 15 nitrogen and oxygen atoms in total. The first-order valence-electron chi connectivity index (χ1n) is 22.4. The number of benzene rings is 2. The molecule has 2 aromatic carbocycles. The number of urea groups is 1. The molecule has 0 bridgehead atoms. The molecule has 0 spiro atoms. The molecular formula is C45H70IN5O10SSi. The zero-order chi connectivity index (χ0) is 45.0. The fourth-order valence-corrected chi connectivity index (χ4v) is 12.6. The normalized spacial score (nSPS) is 17.2. The van der Waals surface area contributed by atoms with Gasteiger partial charge in [-0.25, -0.2) is 4.79 Å². The number of thioether (sulfide) groups is 1. The quantitative estimate of drug-likeness (QED) is 0.0224. The van der Waals surface area contributed by atoms with Gasteiger partial charge in [0.25, 0.3) is 0 Å². The Morgan fingerprint density at radius 1 is 0.683 bits per heavy atom. The van der Waals surface area contributed by atoms with Crippen molar-refractivity contribution in [1.29, 1.82) is 0 Å². The number of hydrogen-bond acceptors (Lipinski definition) is 11. The number of alkyl halides is 1. The third-order valence-electron chi connectivity index (χ3n) is 10.5. The first-order chi connectivity index (χ1) is 30.6. The Morgan fingerprint density at radius 3 is 1.92 bits per heavy atom. The number of ether oxygens (including phenoxy) is 4. The lowest BCUT2D eigenvalue weighted by atomic mass is 10.0. The van der Waals surface area contributed by atoms with E-state index in [4.69, 9.17) is 27.8 Å². The molecule has 0 saturated carbocycles. The van der Waals surface area contributed by atoms with Gasteiger partial charge in [-0.15, -0.1) is 0 Å². The molecule has 5 amide bonds. The second kappa shape index (κ2) is 30.4. The van der Waals surface area contributed by atoms with Crippen molar-refractivity contribution < 1.29 is 47.0 Å². The van der Waals surface area contributed by atoms with Crippen LogP contribution in [0, 0.1) is 0 Å². The number of carbonyl (C=O) groups excluding carboxylic acids is 4. The van der Waals surface area contributed by atoms with Crippen molar-refractivity contribution in [3.05, 3.63) is 60.7 Å². The van der Waals surface area contributed by atoms with E-state index < -0.39 is 14.2 Å². The molecule has 0 aromatic heterocycles. The van der Waals surface area contributed by atoms with Crippen molar-refractivity contribution in [3.8, 4) is 0 Å². The second-order valence-electron chi connectivity index (χ2n) is 16.2. The van der Waals surface area contributed by atoms with Crippen molar-refractivity contribution >= 4 is 77.0 Å². The van der Waals surface area contributed by atoms with Gasteiger partial charge in [-0.2, -0.15) is 11.8 Å². The molecule has 352 valence electrons. The Balaban J connectivity index is 1.00. The standard InChI is InChI=1S/C45H70IN5O10SSi/c1-45(2,61-63(36-15-7-5-8-16-36,37-17-9-6-10-18-37)60-24-14-4-3-13-22-47-42(54)33-46)35-49-41(53)21-25-56-27-29-58-31-32-59-30-28-57-26-23-48-40(52)20-12-11-19-39-43-38(34-62-39)50-44(55)51-43/h5-10,15-18,38-39,43H,3-4,11-14,19-35H2,1-2H3,(H,47,54)(H,48,52)(H,49,53)(H2,50,51,55)/t38-,39-,43-/m0/s1. The Morgan fingerprint density at radius 2 is 1.27 bits per heavy atom. The lowest BCUT2D eigenvalue weighted by molar-refractivity contribution is -0.123. The first kappa shape index (κ1) is 52.8. The van der Waals surface area contributed by atoms with Gasteiger partial charge in [-0.05, 0) is 49.9 Å². The summed E-state index contributed by atoms with van der Waals surface area (Å²) in [4.78, 5) is 48.1. The third-order valence-corrected chi connectivity index (χ3v) is 16.3. The van der Waals surface area contributed by atoms with Gasteiger partial charge in [-0.3, -0.25) is 14.4 Å². The van der Waals surface area contributed by atoms with Gasteiger partial charge in [0, 0.05) is 50.1 Å².